The van der Waals surface area contributed by atoms with Crippen LogP contribution in [0.5, 0.6) is 0 Å². The summed E-state index contributed by atoms with van der Waals surface area (Å²) in [6.07, 6.45) is 0.106. The predicted octanol–water partition coefficient (Wildman–Crippen LogP) is -0.501. The molecule has 17 heavy (non-hydrogen) atoms. The van der Waals surface area contributed by atoms with Gasteiger partial charge in [0, 0.05) is 13.6 Å². The highest BCUT2D eigenvalue weighted by atomic mass is 16.5. The predicted molar refractivity (Wildman–Crippen MR) is 57.3 cm³/mol. The summed E-state index contributed by atoms with van der Waals surface area (Å²) in [6, 6.07) is 0. The monoisotopic (exact) mass is 247 g/mol. The number of carboxylic acid groups (broad SMARTS) is 1. The van der Waals surface area contributed by atoms with Gasteiger partial charge in [-0.15, -0.1) is 0 Å². The molecule has 0 aliphatic rings. The smallest absolute Gasteiger partial charge is 0.329 e. The van der Waals surface area contributed by atoms with Gasteiger partial charge < -0.3 is 19.5 Å². The van der Waals surface area contributed by atoms with Gasteiger partial charge in [0.1, 0.15) is 13.2 Å². The second-order valence-corrected chi connectivity index (χ2v) is 3.26. The minimum atomic E-state index is -1.13. The van der Waals surface area contributed by atoms with Gasteiger partial charge in [-0.1, -0.05) is 0 Å². The summed E-state index contributed by atoms with van der Waals surface area (Å²) in [7, 11) is 1.51. The lowest BCUT2D eigenvalue weighted by Crippen LogP contribution is -2.33. The zero-order chi connectivity index (χ0) is 13.3. The van der Waals surface area contributed by atoms with Gasteiger partial charge in [0.15, 0.2) is 0 Å². The van der Waals surface area contributed by atoms with Crippen molar-refractivity contribution in [2.75, 3.05) is 33.4 Å². The Hall–Kier alpha value is -1.63. The van der Waals surface area contributed by atoms with Gasteiger partial charge >= 0.3 is 11.9 Å². The molecule has 0 radical (unpaired) electrons. The number of ether oxygens (including phenoxy) is 2. The molecule has 7 nitrogen and oxygen atoms in total. The van der Waals surface area contributed by atoms with Crippen molar-refractivity contribution in [1.82, 2.24) is 4.90 Å². The summed E-state index contributed by atoms with van der Waals surface area (Å²) in [5, 5.41) is 8.29. The maximum absolute atomic E-state index is 11.4. The van der Waals surface area contributed by atoms with Crippen LogP contribution in [-0.2, 0) is 23.9 Å². The van der Waals surface area contributed by atoms with Crippen LogP contribution in [0.25, 0.3) is 0 Å². The molecule has 0 unspecified atom stereocenters. The Morgan fingerprint density at radius 3 is 2.41 bits per heavy atom. The molecule has 0 aromatic heterocycles. The Morgan fingerprint density at radius 2 is 1.88 bits per heavy atom. The molecule has 0 atom stereocenters. The van der Waals surface area contributed by atoms with E-state index in [-0.39, 0.29) is 31.4 Å². The highest BCUT2D eigenvalue weighted by molar-refractivity contribution is 5.78. The van der Waals surface area contributed by atoms with Crippen LogP contribution in [0.3, 0.4) is 0 Å². The second kappa shape index (κ2) is 8.51. The minimum absolute atomic E-state index is 0.106. The first-order valence-electron chi connectivity index (χ1n) is 5.16. The summed E-state index contributed by atoms with van der Waals surface area (Å²) < 4.78 is 9.32. The first kappa shape index (κ1) is 15.4. The van der Waals surface area contributed by atoms with E-state index >= 15 is 0 Å². The fourth-order valence-electron chi connectivity index (χ4n) is 0.953. The van der Waals surface area contributed by atoms with Gasteiger partial charge in [-0.2, -0.15) is 0 Å². The molecule has 0 fully saturated rings. The van der Waals surface area contributed by atoms with Crippen molar-refractivity contribution in [3.8, 4) is 0 Å². The van der Waals surface area contributed by atoms with E-state index in [0.717, 1.165) is 0 Å². The standard InChI is InChI=1S/C10H17NO6/c1-3-17-10(15)4-5-11(2)8(12)6-16-7-9(13)14/h3-7H2,1-2H3,(H,13,14). The average Bonchev–Trinajstić information content (AvgIpc) is 2.25. The molecule has 0 spiro atoms. The van der Waals surface area contributed by atoms with Crippen molar-refractivity contribution in [3.63, 3.8) is 0 Å². The Kier molecular flexibility index (Phi) is 7.70. The van der Waals surface area contributed by atoms with Crippen LogP contribution in [0.2, 0.25) is 0 Å². The third-order valence-electron chi connectivity index (χ3n) is 1.83. The highest BCUT2D eigenvalue weighted by Crippen LogP contribution is 1.93. The summed E-state index contributed by atoms with van der Waals surface area (Å²) in [4.78, 5) is 33.8. The number of hydrogen-bond acceptors (Lipinski definition) is 5. The SMILES string of the molecule is CCOC(=O)CCN(C)C(=O)COCC(=O)O. The molecule has 0 aromatic rings. The number of carboxylic acids is 1. The maximum Gasteiger partial charge on any atom is 0.329 e. The van der Waals surface area contributed by atoms with Crippen molar-refractivity contribution < 1.29 is 29.0 Å². The van der Waals surface area contributed by atoms with Crippen LogP contribution in [0.1, 0.15) is 13.3 Å². The zero-order valence-electron chi connectivity index (χ0n) is 9.97. The molecule has 98 valence electrons. The van der Waals surface area contributed by atoms with E-state index in [0.29, 0.717) is 6.61 Å². The molecule has 0 aliphatic heterocycles. The lowest BCUT2D eigenvalue weighted by atomic mass is 10.4. The molecule has 0 aromatic carbocycles. The molecule has 0 bridgehead atoms. The van der Waals surface area contributed by atoms with Crippen molar-refractivity contribution >= 4 is 17.8 Å². The Balaban J connectivity index is 3.74. The van der Waals surface area contributed by atoms with Crippen LogP contribution in [0.15, 0.2) is 0 Å². The minimum Gasteiger partial charge on any atom is -0.480 e. The normalized spacial score (nSPS) is 9.76. The largest absolute Gasteiger partial charge is 0.480 e. The first-order chi connectivity index (χ1) is 7.97. The molecule has 1 N–H and O–H groups in total. The molecule has 0 heterocycles. The average molecular weight is 247 g/mol. The van der Waals surface area contributed by atoms with Crippen LogP contribution < -0.4 is 0 Å². The Bertz CT molecular complexity index is 278. The molecule has 1 amide bonds. The number of aliphatic carboxylic acids is 1. The number of rotatable bonds is 8. The van der Waals surface area contributed by atoms with E-state index in [1.54, 1.807) is 6.92 Å². The number of hydrogen-bond donors (Lipinski definition) is 1. The van der Waals surface area contributed by atoms with Crippen LogP contribution in [-0.4, -0.2) is 61.3 Å². The fourth-order valence-corrected chi connectivity index (χ4v) is 0.953. The summed E-state index contributed by atoms with van der Waals surface area (Å²) in [5.74, 6) is -1.89. The van der Waals surface area contributed by atoms with Crippen LogP contribution in [0, 0.1) is 0 Å². The van der Waals surface area contributed by atoms with Gasteiger partial charge in [-0.05, 0) is 6.92 Å². The number of carbonyl (C=O) groups excluding carboxylic acids is 2. The second-order valence-electron chi connectivity index (χ2n) is 3.26. The summed E-state index contributed by atoms with van der Waals surface area (Å²) >= 11 is 0. The summed E-state index contributed by atoms with van der Waals surface area (Å²) in [6.45, 7) is 1.39. The van der Waals surface area contributed by atoms with E-state index in [1.807, 2.05) is 0 Å². The van der Waals surface area contributed by atoms with Crippen molar-refractivity contribution in [2.24, 2.45) is 0 Å². The quantitative estimate of drug-likeness (QED) is 0.581. The molecule has 0 aliphatic carbocycles. The van der Waals surface area contributed by atoms with Gasteiger partial charge in [0.25, 0.3) is 0 Å². The van der Waals surface area contributed by atoms with E-state index in [2.05, 4.69) is 4.74 Å². The first-order valence-corrected chi connectivity index (χ1v) is 5.16. The topological polar surface area (TPSA) is 93.1 Å². The van der Waals surface area contributed by atoms with E-state index in [1.165, 1.54) is 11.9 Å². The van der Waals surface area contributed by atoms with Crippen molar-refractivity contribution in [2.45, 2.75) is 13.3 Å². The number of amides is 1. The maximum atomic E-state index is 11.4. The highest BCUT2D eigenvalue weighted by Gasteiger charge is 2.11. The molecule has 7 heteroatoms. The fraction of sp³-hybridized carbons (Fsp3) is 0.700. The molecular weight excluding hydrogens is 230 g/mol. The number of nitrogens with zero attached hydrogens (tertiary/aromatic N) is 1. The molecule has 0 saturated carbocycles. The third kappa shape index (κ3) is 8.21. The van der Waals surface area contributed by atoms with E-state index < -0.39 is 12.6 Å². The zero-order valence-corrected chi connectivity index (χ0v) is 9.97. The van der Waals surface area contributed by atoms with Crippen molar-refractivity contribution in [1.29, 1.82) is 0 Å². The number of carbonyl (C=O) groups is 3. The van der Waals surface area contributed by atoms with E-state index in [9.17, 15) is 14.4 Å². The molecular formula is C10H17NO6. The summed E-state index contributed by atoms with van der Waals surface area (Å²) in [5.41, 5.74) is 0. The van der Waals surface area contributed by atoms with Gasteiger partial charge in [-0.3, -0.25) is 9.59 Å². The molecule has 0 saturated heterocycles. The van der Waals surface area contributed by atoms with Gasteiger partial charge in [0.05, 0.1) is 13.0 Å². The van der Waals surface area contributed by atoms with E-state index in [4.69, 9.17) is 9.84 Å². The number of likely N-dealkylation sites (N-methyl/N-ethyl adjacent to an activating group) is 1. The van der Waals surface area contributed by atoms with Gasteiger partial charge in [-0.25, -0.2) is 4.79 Å². The van der Waals surface area contributed by atoms with Gasteiger partial charge in [0.2, 0.25) is 5.91 Å². The Labute approximate surface area is 99.3 Å². The van der Waals surface area contributed by atoms with Crippen LogP contribution in [0.4, 0.5) is 0 Å². The van der Waals surface area contributed by atoms with Crippen LogP contribution >= 0.6 is 0 Å². The lowest BCUT2D eigenvalue weighted by Gasteiger charge is -2.16. The molecule has 0 rings (SSSR count). The third-order valence-corrected chi connectivity index (χ3v) is 1.83. The lowest BCUT2D eigenvalue weighted by molar-refractivity contribution is -0.145. The van der Waals surface area contributed by atoms with Crippen molar-refractivity contribution in [3.05, 3.63) is 0 Å². The number of esters is 1. The Morgan fingerprint density at radius 1 is 1.24 bits per heavy atom.